The van der Waals surface area contributed by atoms with Gasteiger partial charge >= 0.3 is 0 Å². The van der Waals surface area contributed by atoms with Crippen molar-refractivity contribution in [2.45, 2.75) is 13.3 Å². The van der Waals surface area contributed by atoms with Crippen LogP contribution in [0.15, 0.2) is 70.1 Å². The average molecular weight is 364 g/mol. The lowest BCUT2D eigenvalue weighted by Gasteiger charge is -2.01. The molecule has 5 heteroatoms. The molecule has 3 aromatic carbocycles. The topological polar surface area (TPSA) is 67.1 Å². The van der Waals surface area contributed by atoms with E-state index in [1.807, 2.05) is 43.3 Å². The summed E-state index contributed by atoms with van der Waals surface area (Å²) in [7, 11) is 0. The Labute approximate surface area is 160 Å². The van der Waals surface area contributed by atoms with Gasteiger partial charge in [-0.05, 0) is 53.9 Å². The molecule has 0 unspecified atom stereocenters. The Morgan fingerprint density at radius 2 is 1.75 bits per heavy atom. The number of hydrogen-bond acceptors (Lipinski definition) is 4. The zero-order chi connectivity index (χ0) is 18.7. The van der Waals surface area contributed by atoms with Crippen LogP contribution in [-0.4, -0.2) is 20.9 Å². The molecule has 0 saturated heterocycles. The number of hydrogen-bond donors (Lipinski definition) is 1. The van der Waals surface area contributed by atoms with Crippen molar-refractivity contribution >= 4 is 33.4 Å². The number of oxazole rings is 1. The van der Waals surface area contributed by atoms with Gasteiger partial charge in [0.1, 0.15) is 11.2 Å². The van der Waals surface area contributed by atoms with E-state index < -0.39 is 0 Å². The number of aromatic nitrogens is 3. The largest absolute Gasteiger partial charge is 0.435 e. The lowest BCUT2D eigenvalue weighted by molar-refractivity contribution is 0.589. The predicted molar refractivity (Wildman–Crippen MR) is 110 cm³/mol. The van der Waals surface area contributed by atoms with E-state index in [2.05, 4.69) is 44.4 Å². The minimum atomic E-state index is 0.601. The summed E-state index contributed by atoms with van der Waals surface area (Å²) >= 11 is 0. The minimum absolute atomic E-state index is 0.601. The van der Waals surface area contributed by atoms with Crippen molar-refractivity contribution in [2.75, 3.05) is 0 Å². The summed E-state index contributed by atoms with van der Waals surface area (Å²) in [5.41, 5.74) is 8.98. The number of rotatable bonds is 2. The molecular formula is C23H16N4O. The first kappa shape index (κ1) is 15.3. The molecule has 0 fully saturated rings. The van der Waals surface area contributed by atoms with E-state index >= 15 is 0 Å². The molecule has 0 bridgehead atoms. The highest BCUT2D eigenvalue weighted by Crippen LogP contribution is 2.31. The second kappa shape index (κ2) is 5.63. The molecule has 134 valence electrons. The highest BCUT2D eigenvalue weighted by Gasteiger charge is 2.20. The maximum atomic E-state index is 6.08. The molecular weight excluding hydrogens is 348 g/mol. The van der Waals surface area contributed by atoms with Crippen LogP contribution in [0.25, 0.3) is 33.1 Å². The Hall–Kier alpha value is -3.73. The lowest BCUT2D eigenvalue weighted by Crippen LogP contribution is -2.00. The van der Waals surface area contributed by atoms with Crippen LogP contribution in [0.1, 0.15) is 17.1 Å². The summed E-state index contributed by atoms with van der Waals surface area (Å²) in [6.07, 6.45) is 0.756. The lowest BCUT2D eigenvalue weighted by atomic mass is 10.0. The molecule has 1 N–H and O–H groups in total. The highest BCUT2D eigenvalue weighted by molar-refractivity contribution is 6.04. The zero-order valence-electron chi connectivity index (χ0n) is 15.2. The summed E-state index contributed by atoms with van der Waals surface area (Å²) in [6.45, 7) is 2.03. The van der Waals surface area contributed by atoms with E-state index in [9.17, 15) is 0 Å². The first-order chi connectivity index (χ1) is 13.7. The van der Waals surface area contributed by atoms with Gasteiger partial charge in [-0.3, -0.25) is 5.10 Å². The van der Waals surface area contributed by atoms with Gasteiger partial charge in [0.15, 0.2) is 5.58 Å². The summed E-state index contributed by atoms with van der Waals surface area (Å²) in [6, 6.07) is 20.6. The van der Waals surface area contributed by atoms with Crippen LogP contribution < -0.4 is 0 Å². The van der Waals surface area contributed by atoms with E-state index in [0.717, 1.165) is 56.6 Å². The van der Waals surface area contributed by atoms with E-state index in [-0.39, 0.29) is 0 Å². The third-order valence-electron chi connectivity index (χ3n) is 5.32. The van der Waals surface area contributed by atoms with E-state index in [0.29, 0.717) is 5.89 Å². The summed E-state index contributed by atoms with van der Waals surface area (Å²) in [5.74, 6) is 0.601. The third-order valence-corrected chi connectivity index (χ3v) is 5.32. The van der Waals surface area contributed by atoms with Crippen molar-refractivity contribution in [1.29, 1.82) is 0 Å². The van der Waals surface area contributed by atoms with Crippen LogP contribution >= 0.6 is 0 Å². The Morgan fingerprint density at radius 1 is 0.929 bits per heavy atom. The number of nitrogens with one attached hydrogen (secondary N) is 1. The number of nitrogens with zero attached hydrogens (tertiary/aromatic N) is 3. The SMILES string of the molecule is Cc1[nH]nc2ccc(-c3ccc4nc(C5=Nc6ccccc6C5)oc4c3)cc12. The Balaban J connectivity index is 1.41. The molecule has 0 saturated carbocycles. The molecule has 5 nitrogen and oxygen atoms in total. The number of aromatic amines is 1. The van der Waals surface area contributed by atoms with Crippen LogP contribution in [0.4, 0.5) is 5.69 Å². The van der Waals surface area contributed by atoms with Crippen LogP contribution in [0.2, 0.25) is 0 Å². The summed E-state index contributed by atoms with van der Waals surface area (Å²) in [5, 5.41) is 8.47. The normalized spacial score (nSPS) is 13.2. The number of benzene rings is 3. The average Bonchev–Trinajstić information content (AvgIpc) is 3.43. The van der Waals surface area contributed by atoms with Crippen molar-refractivity contribution < 1.29 is 4.42 Å². The molecule has 2 aromatic heterocycles. The molecule has 0 atom stereocenters. The molecule has 6 rings (SSSR count). The number of aryl methyl sites for hydroxylation is 1. The number of fused-ring (bicyclic) bond motifs is 3. The van der Waals surface area contributed by atoms with Gasteiger partial charge in [0.05, 0.1) is 11.2 Å². The van der Waals surface area contributed by atoms with Crippen molar-refractivity contribution in [3.63, 3.8) is 0 Å². The zero-order valence-corrected chi connectivity index (χ0v) is 15.2. The van der Waals surface area contributed by atoms with Crippen molar-refractivity contribution in [2.24, 2.45) is 4.99 Å². The quantitative estimate of drug-likeness (QED) is 0.459. The minimum Gasteiger partial charge on any atom is -0.435 e. The number of H-pyrrole nitrogens is 1. The van der Waals surface area contributed by atoms with Crippen LogP contribution in [0, 0.1) is 6.92 Å². The number of aliphatic imine (C=N–C) groups is 1. The first-order valence-corrected chi connectivity index (χ1v) is 9.26. The third kappa shape index (κ3) is 2.29. The van der Waals surface area contributed by atoms with Crippen LogP contribution in [0.3, 0.4) is 0 Å². The van der Waals surface area contributed by atoms with Gasteiger partial charge in [0, 0.05) is 17.5 Å². The molecule has 1 aliphatic heterocycles. The van der Waals surface area contributed by atoms with Gasteiger partial charge < -0.3 is 4.42 Å². The van der Waals surface area contributed by atoms with Gasteiger partial charge in [-0.1, -0.05) is 30.3 Å². The van der Waals surface area contributed by atoms with Gasteiger partial charge in [-0.25, -0.2) is 9.98 Å². The Kier molecular flexibility index (Phi) is 3.09. The van der Waals surface area contributed by atoms with E-state index in [1.165, 1.54) is 5.56 Å². The van der Waals surface area contributed by atoms with Crippen LogP contribution in [-0.2, 0) is 6.42 Å². The summed E-state index contributed by atoms with van der Waals surface area (Å²) in [4.78, 5) is 9.34. The van der Waals surface area contributed by atoms with Crippen molar-refractivity contribution in [1.82, 2.24) is 15.2 Å². The summed E-state index contributed by atoms with van der Waals surface area (Å²) < 4.78 is 6.08. The highest BCUT2D eigenvalue weighted by atomic mass is 16.3. The maximum absolute atomic E-state index is 6.08. The van der Waals surface area contributed by atoms with Gasteiger partial charge in [0.2, 0.25) is 5.89 Å². The number of para-hydroxylation sites is 1. The fourth-order valence-corrected chi connectivity index (χ4v) is 3.80. The Bertz CT molecular complexity index is 1410. The van der Waals surface area contributed by atoms with Gasteiger partial charge in [-0.2, -0.15) is 5.10 Å². The monoisotopic (exact) mass is 364 g/mol. The van der Waals surface area contributed by atoms with Gasteiger partial charge in [-0.15, -0.1) is 0 Å². The fourth-order valence-electron chi connectivity index (χ4n) is 3.80. The van der Waals surface area contributed by atoms with Crippen molar-refractivity contribution in [3.05, 3.63) is 77.8 Å². The second-order valence-electron chi connectivity index (χ2n) is 7.15. The van der Waals surface area contributed by atoms with Gasteiger partial charge in [0.25, 0.3) is 0 Å². The molecule has 1 aliphatic rings. The molecule has 3 heterocycles. The first-order valence-electron chi connectivity index (χ1n) is 9.26. The molecule has 0 spiro atoms. The fraction of sp³-hybridized carbons (Fsp3) is 0.0870. The molecule has 28 heavy (non-hydrogen) atoms. The molecule has 0 radical (unpaired) electrons. The van der Waals surface area contributed by atoms with Crippen molar-refractivity contribution in [3.8, 4) is 11.1 Å². The van der Waals surface area contributed by atoms with E-state index in [1.54, 1.807) is 0 Å². The molecule has 5 aromatic rings. The smallest absolute Gasteiger partial charge is 0.242 e. The predicted octanol–water partition coefficient (Wildman–Crippen LogP) is 5.36. The molecule has 0 aliphatic carbocycles. The Morgan fingerprint density at radius 3 is 2.64 bits per heavy atom. The van der Waals surface area contributed by atoms with E-state index in [4.69, 9.17) is 4.42 Å². The van der Waals surface area contributed by atoms with Crippen LogP contribution in [0.5, 0.6) is 0 Å². The maximum Gasteiger partial charge on any atom is 0.242 e. The standard InChI is InChI=1S/C23H16N4O/c1-13-17-10-14(6-8-19(17)27-26-13)15-7-9-20-22(12-15)28-23(25-20)21-11-16-4-2-3-5-18(16)24-21/h2-10,12H,11H2,1H3,(H,26,27). The second-order valence-corrected chi connectivity index (χ2v) is 7.15. The molecule has 0 amide bonds.